The van der Waals surface area contributed by atoms with E-state index in [0.29, 0.717) is 26.2 Å². The number of nitrogens with zero attached hydrogens (tertiary/aromatic N) is 2. The number of fused-ring (bicyclic) bond motifs is 1. The van der Waals surface area contributed by atoms with Gasteiger partial charge in [0.05, 0.1) is 10.4 Å². The molecule has 7 heteroatoms. The van der Waals surface area contributed by atoms with Crippen LogP contribution in [0.2, 0.25) is 0 Å². The predicted molar refractivity (Wildman–Crippen MR) is 88.3 cm³/mol. The van der Waals surface area contributed by atoms with Crippen LogP contribution in [0.1, 0.15) is 22.5 Å². The average molecular weight is 335 g/mol. The van der Waals surface area contributed by atoms with E-state index in [0.717, 1.165) is 17.7 Å². The molecule has 0 bridgehead atoms. The van der Waals surface area contributed by atoms with Crippen LogP contribution in [0, 0.1) is 0 Å². The number of hydrogen-bond acceptors (Lipinski definition) is 5. The van der Waals surface area contributed by atoms with E-state index >= 15 is 0 Å². The molecule has 0 atom stereocenters. The van der Waals surface area contributed by atoms with Crippen molar-refractivity contribution in [3.63, 3.8) is 0 Å². The molecular formula is C15H17N3O2S2. The molecule has 0 aromatic carbocycles. The van der Waals surface area contributed by atoms with Crippen molar-refractivity contribution in [3.8, 4) is 0 Å². The van der Waals surface area contributed by atoms with Crippen LogP contribution in [0.15, 0.2) is 17.5 Å². The van der Waals surface area contributed by atoms with Crippen molar-refractivity contribution < 1.29 is 9.59 Å². The van der Waals surface area contributed by atoms with Gasteiger partial charge in [0.1, 0.15) is 0 Å². The third-order valence-electron chi connectivity index (χ3n) is 4.42. The molecule has 1 aliphatic carbocycles. The molecule has 1 saturated heterocycles. The van der Waals surface area contributed by atoms with E-state index < -0.39 is 5.54 Å². The minimum Gasteiger partial charge on any atom is -0.338 e. The lowest BCUT2D eigenvalue weighted by Crippen LogP contribution is -2.55. The molecule has 2 fully saturated rings. The third kappa shape index (κ3) is 2.33. The lowest BCUT2D eigenvalue weighted by Gasteiger charge is -2.35. The molecule has 1 saturated carbocycles. The molecule has 22 heavy (non-hydrogen) atoms. The van der Waals surface area contributed by atoms with E-state index in [1.54, 1.807) is 22.7 Å². The Labute approximate surface area is 136 Å². The van der Waals surface area contributed by atoms with Crippen LogP contribution in [-0.2, 0) is 4.79 Å². The summed E-state index contributed by atoms with van der Waals surface area (Å²) in [5.74, 6) is 0.130. The first-order chi connectivity index (χ1) is 10.6. The first-order valence-electron chi connectivity index (χ1n) is 7.41. The van der Waals surface area contributed by atoms with E-state index in [1.165, 1.54) is 9.40 Å². The zero-order valence-corrected chi connectivity index (χ0v) is 13.7. The number of carbonyl (C=O) groups is 2. The Bertz CT molecular complexity index is 710. The number of nitrogens with two attached hydrogens (primary N) is 1. The van der Waals surface area contributed by atoms with E-state index in [-0.39, 0.29) is 11.8 Å². The summed E-state index contributed by atoms with van der Waals surface area (Å²) in [6, 6.07) is 4.03. The molecule has 2 aromatic heterocycles. The summed E-state index contributed by atoms with van der Waals surface area (Å²) in [7, 11) is 0. The molecule has 3 heterocycles. The van der Waals surface area contributed by atoms with Gasteiger partial charge in [0, 0.05) is 35.6 Å². The van der Waals surface area contributed by atoms with Crippen molar-refractivity contribution >= 4 is 43.9 Å². The SMILES string of the molecule is NC1(C(=O)N2CCN(C(=O)c3cc4sccc4s3)CC2)CC1. The molecule has 5 nitrogen and oxygen atoms in total. The minimum absolute atomic E-state index is 0.0521. The average Bonchev–Trinajstić information content (AvgIpc) is 2.96. The van der Waals surface area contributed by atoms with Gasteiger partial charge in [-0.05, 0) is 30.4 Å². The van der Waals surface area contributed by atoms with Crippen LogP contribution in [0.4, 0.5) is 0 Å². The van der Waals surface area contributed by atoms with Gasteiger partial charge in [0.25, 0.3) is 5.91 Å². The van der Waals surface area contributed by atoms with E-state index in [4.69, 9.17) is 5.73 Å². The third-order valence-corrected chi connectivity index (χ3v) is 6.50. The van der Waals surface area contributed by atoms with Crippen LogP contribution < -0.4 is 5.73 Å². The Morgan fingerprint density at radius 3 is 2.41 bits per heavy atom. The van der Waals surface area contributed by atoms with E-state index in [2.05, 4.69) is 0 Å². The molecule has 2 amide bonds. The molecule has 0 spiro atoms. The first-order valence-corrected chi connectivity index (χ1v) is 9.11. The molecule has 2 N–H and O–H groups in total. The van der Waals surface area contributed by atoms with E-state index in [9.17, 15) is 9.59 Å². The zero-order chi connectivity index (χ0) is 15.3. The summed E-state index contributed by atoms with van der Waals surface area (Å²) in [5, 5.41) is 2.04. The maximum absolute atomic E-state index is 12.6. The summed E-state index contributed by atoms with van der Waals surface area (Å²) in [4.78, 5) is 29.2. The van der Waals surface area contributed by atoms with Crippen LogP contribution in [-0.4, -0.2) is 53.3 Å². The highest BCUT2D eigenvalue weighted by Gasteiger charge is 2.48. The van der Waals surface area contributed by atoms with Crippen molar-refractivity contribution in [2.75, 3.05) is 26.2 Å². The second kappa shape index (κ2) is 5.04. The maximum atomic E-state index is 12.6. The molecule has 116 valence electrons. The Kier molecular flexibility index (Phi) is 3.25. The van der Waals surface area contributed by atoms with Gasteiger partial charge in [-0.3, -0.25) is 9.59 Å². The Balaban J connectivity index is 1.41. The highest BCUT2D eigenvalue weighted by Crippen LogP contribution is 2.34. The smallest absolute Gasteiger partial charge is 0.264 e. The first kappa shape index (κ1) is 14.2. The number of hydrogen-bond donors (Lipinski definition) is 1. The fraction of sp³-hybridized carbons (Fsp3) is 0.467. The van der Waals surface area contributed by atoms with Gasteiger partial charge in [0.15, 0.2) is 0 Å². The van der Waals surface area contributed by atoms with Gasteiger partial charge in [-0.2, -0.15) is 0 Å². The molecule has 0 radical (unpaired) electrons. The topological polar surface area (TPSA) is 66.6 Å². The monoisotopic (exact) mass is 335 g/mol. The quantitative estimate of drug-likeness (QED) is 0.909. The van der Waals surface area contributed by atoms with Crippen molar-refractivity contribution in [1.82, 2.24) is 9.80 Å². The molecule has 2 aliphatic rings. The van der Waals surface area contributed by atoms with Crippen molar-refractivity contribution in [1.29, 1.82) is 0 Å². The van der Waals surface area contributed by atoms with Crippen LogP contribution in [0.5, 0.6) is 0 Å². The fourth-order valence-corrected chi connectivity index (χ4v) is 4.88. The molecule has 1 aliphatic heterocycles. The number of thiophene rings is 2. The molecule has 2 aromatic rings. The molecule has 4 rings (SSSR count). The normalized spacial score (nSPS) is 20.4. The molecular weight excluding hydrogens is 318 g/mol. The standard InChI is InChI=1S/C15H17N3O2S2/c16-15(2-3-15)14(20)18-6-4-17(5-7-18)13(19)12-9-11-10(22-12)1-8-21-11/h1,8-9H,2-7,16H2. The lowest BCUT2D eigenvalue weighted by atomic mass is 10.2. The largest absolute Gasteiger partial charge is 0.338 e. The van der Waals surface area contributed by atoms with Gasteiger partial charge in [0.2, 0.25) is 5.91 Å². The Morgan fingerprint density at radius 2 is 1.77 bits per heavy atom. The second-order valence-electron chi connectivity index (χ2n) is 6.00. The van der Waals surface area contributed by atoms with Crippen LogP contribution >= 0.6 is 22.7 Å². The van der Waals surface area contributed by atoms with Crippen LogP contribution in [0.3, 0.4) is 0 Å². The number of amides is 2. The van der Waals surface area contributed by atoms with Crippen molar-refractivity contribution in [3.05, 3.63) is 22.4 Å². The van der Waals surface area contributed by atoms with E-state index in [1.807, 2.05) is 27.3 Å². The van der Waals surface area contributed by atoms with Gasteiger partial charge in [-0.25, -0.2) is 0 Å². The Hall–Kier alpha value is -1.44. The maximum Gasteiger partial charge on any atom is 0.264 e. The van der Waals surface area contributed by atoms with Gasteiger partial charge < -0.3 is 15.5 Å². The van der Waals surface area contributed by atoms with Gasteiger partial charge in [-0.1, -0.05) is 0 Å². The summed E-state index contributed by atoms with van der Waals surface area (Å²) < 4.78 is 2.34. The van der Waals surface area contributed by atoms with Crippen molar-refractivity contribution in [2.24, 2.45) is 5.73 Å². The number of piperazine rings is 1. The lowest BCUT2D eigenvalue weighted by molar-refractivity contribution is -0.135. The van der Waals surface area contributed by atoms with Gasteiger partial charge >= 0.3 is 0 Å². The van der Waals surface area contributed by atoms with Crippen LogP contribution in [0.25, 0.3) is 9.40 Å². The number of rotatable bonds is 2. The zero-order valence-electron chi connectivity index (χ0n) is 12.1. The summed E-state index contributed by atoms with van der Waals surface area (Å²) in [6.45, 7) is 2.35. The Morgan fingerprint density at radius 1 is 1.09 bits per heavy atom. The second-order valence-corrected chi connectivity index (χ2v) is 8.03. The number of carbonyl (C=O) groups excluding carboxylic acids is 2. The highest BCUT2D eigenvalue weighted by molar-refractivity contribution is 7.27. The predicted octanol–water partition coefficient (Wildman–Crippen LogP) is 1.74. The molecule has 0 unspecified atom stereocenters. The summed E-state index contributed by atoms with van der Waals surface area (Å²) >= 11 is 3.20. The summed E-state index contributed by atoms with van der Waals surface area (Å²) in [6.07, 6.45) is 1.58. The highest BCUT2D eigenvalue weighted by atomic mass is 32.1. The fourth-order valence-electron chi connectivity index (χ4n) is 2.80. The summed E-state index contributed by atoms with van der Waals surface area (Å²) in [5.41, 5.74) is 5.36. The van der Waals surface area contributed by atoms with Gasteiger partial charge in [-0.15, -0.1) is 22.7 Å². The minimum atomic E-state index is -0.607. The van der Waals surface area contributed by atoms with Crippen molar-refractivity contribution in [2.45, 2.75) is 18.4 Å².